The van der Waals surface area contributed by atoms with Gasteiger partial charge in [-0.25, -0.2) is 0 Å². The SMILES string of the molecule is O=C(CSc1ccccc1C(=O)Nc1nnc(C2CCCCC2)s1)NCC1CCCCC1. The second kappa shape index (κ2) is 11.8. The number of benzene rings is 1. The van der Waals surface area contributed by atoms with Gasteiger partial charge in [-0.1, -0.05) is 62.0 Å². The number of nitrogens with zero attached hydrogens (tertiary/aromatic N) is 2. The predicted molar refractivity (Wildman–Crippen MR) is 130 cm³/mol. The third-order valence-corrected chi connectivity index (χ3v) is 8.49. The Bertz CT molecular complexity index is 905. The molecule has 1 aromatic heterocycles. The predicted octanol–water partition coefficient (Wildman–Crippen LogP) is 5.63. The second-order valence-electron chi connectivity index (χ2n) is 8.83. The van der Waals surface area contributed by atoms with Crippen molar-refractivity contribution in [2.75, 3.05) is 17.6 Å². The Morgan fingerprint density at radius 1 is 0.969 bits per heavy atom. The fourth-order valence-electron chi connectivity index (χ4n) is 4.59. The number of amides is 2. The van der Waals surface area contributed by atoms with Crippen LogP contribution in [0.15, 0.2) is 29.2 Å². The molecule has 2 fully saturated rings. The van der Waals surface area contributed by atoms with Gasteiger partial charge >= 0.3 is 0 Å². The summed E-state index contributed by atoms with van der Waals surface area (Å²) in [6.07, 6.45) is 12.4. The molecular formula is C24H32N4O2S2. The molecule has 2 aliphatic rings. The minimum atomic E-state index is -0.206. The van der Waals surface area contributed by atoms with Gasteiger partial charge in [0.25, 0.3) is 5.91 Å². The van der Waals surface area contributed by atoms with E-state index in [-0.39, 0.29) is 11.8 Å². The van der Waals surface area contributed by atoms with Crippen molar-refractivity contribution in [1.29, 1.82) is 0 Å². The maximum atomic E-state index is 12.9. The van der Waals surface area contributed by atoms with Crippen molar-refractivity contribution in [1.82, 2.24) is 15.5 Å². The zero-order valence-corrected chi connectivity index (χ0v) is 20.1. The summed E-state index contributed by atoms with van der Waals surface area (Å²) >= 11 is 2.88. The summed E-state index contributed by atoms with van der Waals surface area (Å²) in [5.41, 5.74) is 0.562. The second-order valence-corrected chi connectivity index (χ2v) is 10.9. The Morgan fingerprint density at radius 2 is 1.69 bits per heavy atom. The third kappa shape index (κ3) is 6.54. The smallest absolute Gasteiger partial charge is 0.258 e. The van der Waals surface area contributed by atoms with Crippen LogP contribution in [0.4, 0.5) is 5.13 Å². The maximum absolute atomic E-state index is 12.9. The van der Waals surface area contributed by atoms with Gasteiger partial charge in [0.05, 0.1) is 11.3 Å². The number of nitrogens with one attached hydrogen (secondary N) is 2. The van der Waals surface area contributed by atoms with E-state index in [0.717, 1.165) is 29.3 Å². The van der Waals surface area contributed by atoms with E-state index in [4.69, 9.17) is 0 Å². The summed E-state index contributed by atoms with van der Waals surface area (Å²) in [7, 11) is 0. The molecule has 0 saturated heterocycles. The molecule has 8 heteroatoms. The van der Waals surface area contributed by atoms with E-state index in [1.54, 1.807) is 6.07 Å². The number of rotatable bonds is 8. The fraction of sp³-hybridized carbons (Fsp3) is 0.583. The highest BCUT2D eigenvalue weighted by Gasteiger charge is 2.21. The van der Waals surface area contributed by atoms with Gasteiger partial charge in [0.15, 0.2) is 0 Å². The maximum Gasteiger partial charge on any atom is 0.258 e. The van der Waals surface area contributed by atoms with Crippen LogP contribution in [0.3, 0.4) is 0 Å². The molecule has 2 amide bonds. The molecule has 2 saturated carbocycles. The van der Waals surface area contributed by atoms with Crippen LogP contribution in [0.1, 0.15) is 85.5 Å². The van der Waals surface area contributed by atoms with E-state index in [9.17, 15) is 9.59 Å². The van der Waals surface area contributed by atoms with Crippen LogP contribution >= 0.6 is 23.1 Å². The van der Waals surface area contributed by atoms with Crippen molar-refractivity contribution in [2.24, 2.45) is 5.92 Å². The first-order chi connectivity index (χ1) is 15.7. The summed E-state index contributed by atoms with van der Waals surface area (Å²) in [5.74, 6) is 1.21. The molecular weight excluding hydrogens is 440 g/mol. The van der Waals surface area contributed by atoms with E-state index in [0.29, 0.717) is 28.3 Å². The number of anilines is 1. The average molecular weight is 473 g/mol. The first-order valence-corrected chi connectivity index (χ1v) is 13.6. The van der Waals surface area contributed by atoms with Crippen LogP contribution in [-0.4, -0.2) is 34.3 Å². The normalized spacial score (nSPS) is 17.8. The fourth-order valence-corrected chi connectivity index (χ4v) is 6.38. The molecule has 0 bridgehead atoms. The number of aromatic nitrogens is 2. The molecule has 2 aliphatic carbocycles. The third-order valence-electron chi connectivity index (χ3n) is 6.42. The first-order valence-electron chi connectivity index (χ1n) is 11.8. The lowest BCUT2D eigenvalue weighted by atomic mass is 9.89. The molecule has 0 atom stereocenters. The number of carbonyl (C=O) groups is 2. The van der Waals surface area contributed by atoms with Crippen LogP contribution in [0.25, 0.3) is 0 Å². The van der Waals surface area contributed by atoms with Crippen molar-refractivity contribution in [3.8, 4) is 0 Å². The molecule has 0 radical (unpaired) electrons. The molecule has 1 aromatic carbocycles. The van der Waals surface area contributed by atoms with Gasteiger partial charge in [-0.3, -0.25) is 14.9 Å². The molecule has 2 N–H and O–H groups in total. The van der Waals surface area contributed by atoms with Crippen molar-refractivity contribution in [2.45, 2.75) is 75.0 Å². The van der Waals surface area contributed by atoms with Gasteiger partial charge in [-0.15, -0.1) is 22.0 Å². The van der Waals surface area contributed by atoms with Crippen LogP contribution in [0.5, 0.6) is 0 Å². The van der Waals surface area contributed by atoms with E-state index in [1.807, 2.05) is 18.2 Å². The highest BCUT2D eigenvalue weighted by Crippen LogP contribution is 2.35. The van der Waals surface area contributed by atoms with E-state index in [2.05, 4.69) is 20.8 Å². The summed E-state index contributed by atoms with van der Waals surface area (Å²) in [4.78, 5) is 26.0. The van der Waals surface area contributed by atoms with Gasteiger partial charge in [-0.05, 0) is 43.7 Å². The van der Waals surface area contributed by atoms with Gasteiger partial charge in [-0.2, -0.15) is 0 Å². The topological polar surface area (TPSA) is 84.0 Å². The monoisotopic (exact) mass is 472 g/mol. The van der Waals surface area contributed by atoms with Crippen LogP contribution in [-0.2, 0) is 4.79 Å². The summed E-state index contributed by atoms with van der Waals surface area (Å²) in [6, 6.07) is 7.42. The van der Waals surface area contributed by atoms with Gasteiger partial charge in [0, 0.05) is 17.4 Å². The van der Waals surface area contributed by atoms with Crippen molar-refractivity contribution < 1.29 is 9.59 Å². The first kappa shape index (κ1) is 23.2. The quantitative estimate of drug-likeness (QED) is 0.487. The van der Waals surface area contributed by atoms with E-state index < -0.39 is 0 Å². The van der Waals surface area contributed by atoms with Gasteiger partial charge in [0.2, 0.25) is 11.0 Å². The van der Waals surface area contributed by atoms with Crippen LogP contribution < -0.4 is 10.6 Å². The number of carbonyl (C=O) groups excluding carboxylic acids is 2. The summed E-state index contributed by atoms with van der Waals surface area (Å²) in [6.45, 7) is 0.766. The lowest BCUT2D eigenvalue weighted by Gasteiger charge is -2.21. The molecule has 0 unspecified atom stereocenters. The lowest BCUT2D eigenvalue weighted by Crippen LogP contribution is -2.31. The Kier molecular flexibility index (Phi) is 8.56. The van der Waals surface area contributed by atoms with E-state index in [1.165, 1.54) is 74.5 Å². The Hall–Kier alpha value is -1.93. The summed E-state index contributed by atoms with van der Waals surface area (Å²) in [5, 5.41) is 16.1. The standard InChI is InChI=1S/C24H32N4O2S2/c29-21(25-15-17-9-3-1-4-10-17)16-31-20-14-8-7-13-19(20)22(30)26-24-28-27-23(32-24)18-11-5-2-6-12-18/h7-8,13-14,17-18H,1-6,9-12,15-16H2,(H,25,29)(H,26,28,30). The van der Waals surface area contributed by atoms with Crippen LogP contribution in [0.2, 0.25) is 0 Å². The highest BCUT2D eigenvalue weighted by atomic mass is 32.2. The van der Waals surface area contributed by atoms with Gasteiger partial charge < -0.3 is 5.32 Å². The number of hydrogen-bond acceptors (Lipinski definition) is 6. The molecule has 1 heterocycles. The van der Waals surface area contributed by atoms with E-state index >= 15 is 0 Å². The Labute approximate surface area is 198 Å². The molecule has 0 aliphatic heterocycles. The minimum Gasteiger partial charge on any atom is -0.355 e. The summed E-state index contributed by atoms with van der Waals surface area (Å²) < 4.78 is 0. The average Bonchev–Trinajstić information content (AvgIpc) is 3.31. The number of thioether (sulfide) groups is 1. The molecule has 4 rings (SSSR count). The van der Waals surface area contributed by atoms with Crippen LogP contribution in [0, 0.1) is 5.92 Å². The van der Waals surface area contributed by atoms with Crippen molar-refractivity contribution in [3.05, 3.63) is 34.8 Å². The molecule has 2 aromatic rings. The van der Waals surface area contributed by atoms with Crippen molar-refractivity contribution >= 4 is 40.0 Å². The molecule has 6 nitrogen and oxygen atoms in total. The number of hydrogen-bond donors (Lipinski definition) is 2. The van der Waals surface area contributed by atoms with Gasteiger partial charge in [0.1, 0.15) is 5.01 Å². The lowest BCUT2D eigenvalue weighted by molar-refractivity contribution is -0.118. The Morgan fingerprint density at radius 3 is 2.47 bits per heavy atom. The minimum absolute atomic E-state index is 0.0250. The highest BCUT2D eigenvalue weighted by molar-refractivity contribution is 8.00. The largest absolute Gasteiger partial charge is 0.355 e. The zero-order valence-electron chi connectivity index (χ0n) is 18.5. The molecule has 32 heavy (non-hydrogen) atoms. The van der Waals surface area contributed by atoms with Crippen molar-refractivity contribution in [3.63, 3.8) is 0 Å². The Balaban J connectivity index is 1.30. The molecule has 172 valence electrons. The zero-order chi connectivity index (χ0) is 22.2. The molecule has 0 spiro atoms.